The van der Waals surface area contributed by atoms with Crippen LogP contribution in [0, 0.1) is 11.8 Å². The van der Waals surface area contributed by atoms with Crippen LogP contribution in [0.5, 0.6) is 0 Å². The van der Waals surface area contributed by atoms with Crippen LogP contribution in [0.3, 0.4) is 0 Å². The lowest BCUT2D eigenvalue weighted by Gasteiger charge is -2.31. The van der Waals surface area contributed by atoms with Crippen LogP contribution in [0.4, 0.5) is 0 Å². The molecule has 2 rings (SSSR count). The number of hydrogen-bond acceptors (Lipinski definition) is 2. The zero-order valence-corrected chi connectivity index (χ0v) is 11.8. The van der Waals surface area contributed by atoms with E-state index in [0.29, 0.717) is 17.1 Å². The molecule has 0 aromatic heterocycles. The molecule has 5 heteroatoms. The zero-order valence-electron chi connectivity index (χ0n) is 11.0. The second kappa shape index (κ2) is 6.36. The van der Waals surface area contributed by atoms with E-state index in [0.717, 1.165) is 12.8 Å². The van der Waals surface area contributed by atoms with E-state index >= 15 is 0 Å². The summed E-state index contributed by atoms with van der Waals surface area (Å²) >= 11 is 5.21. The molecule has 2 saturated carbocycles. The smallest absolute Gasteiger partial charge is 0.241 e. The van der Waals surface area contributed by atoms with Gasteiger partial charge in [-0.2, -0.15) is 0 Å². The second-order valence-corrected chi connectivity index (χ2v) is 5.99. The molecule has 2 aliphatic rings. The van der Waals surface area contributed by atoms with Gasteiger partial charge in [0.2, 0.25) is 5.91 Å². The number of carbonyl (C=O) groups excluding carboxylic acids is 1. The number of carbonyl (C=O) groups is 1. The Balaban J connectivity index is 1.66. The lowest BCUT2D eigenvalue weighted by Crippen LogP contribution is -2.53. The van der Waals surface area contributed by atoms with Gasteiger partial charge in [0.15, 0.2) is 5.11 Å². The highest BCUT2D eigenvalue weighted by atomic mass is 32.1. The van der Waals surface area contributed by atoms with E-state index in [-0.39, 0.29) is 11.8 Å². The average Bonchev–Trinajstić information content (AvgIpc) is 2.27. The summed E-state index contributed by atoms with van der Waals surface area (Å²) in [7, 11) is 0. The SMILES string of the molecule is C[C@H]1CCCC[C@@H]1NC(=S)NNC(=O)C1CCC1. The lowest BCUT2D eigenvalue weighted by atomic mass is 9.85. The van der Waals surface area contributed by atoms with Crippen molar-refractivity contribution < 1.29 is 4.79 Å². The summed E-state index contributed by atoms with van der Waals surface area (Å²) in [6.45, 7) is 2.26. The average molecular weight is 269 g/mol. The number of hydrogen-bond donors (Lipinski definition) is 3. The van der Waals surface area contributed by atoms with Crippen molar-refractivity contribution >= 4 is 23.2 Å². The molecular weight excluding hydrogens is 246 g/mol. The number of amides is 1. The van der Waals surface area contributed by atoms with Crippen molar-refractivity contribution in [1.29, 1.82) is 0 Å². The van der Waals surface area contributed by atoms with Gasteiger partial charge in [-0.3, -0.25) is 15.6 Å². The van der Waals surface area contributed by atoms with Crippen molar-refractivity contribution in [3.05, 3.63) is 0 Å². The zero-order chi connectivity index (χ0) is 13.0. The Kier molecular flexibility index (Phi) is 4.80. The summed E-state index contributed by atoms with van der Waals surface area (Å²) in [4.78, 5) is 11.6. The molecule has 0 aromatic carbocycles. The predicted molar refractivity (Wildman–Crippen MR) is 75.8 cm³/mol. The van der Waals surface area contributed by atoms with Crippen LogP contribution in [0.25, 0.3) is 0 Å². The molecule has 0 saturated heterocycles. The number of nitrogens with one attached hydrogen (secondary N) is 3. The molecule has 2 atom stereocenters. The molecular formula is C13H23N3OS. The Hall–Kier alpha value is -0.840. The number of rotatable bonds is 2. The first kappa shape index (κ1) is 13.6. The van der Waals surface area contributed by atoms with Crippen molar-refractivity contribution in [2.75, 3.05) is 0 Å². The second-order valence-electron chi connectivity index (χ2n) is 5.58. The van der Waals surface area contributed by atoms with E-state index in [2.05, 4.69) is 23.1 Å². The fraction of sp³-hybridized carbons (Fsp3) is 0.846. The lowest BCUT2D eigenvalue weighted by molar-refractivity contribution is -0.127. The summed E-state index contributed by atoms with van der Waals surface area (Å²) in [6, 6.07) is 0.444. The van der Waals surface area contributed by atoms with Crippen LogP contribution in [0.1, 0.15) is 51.9 Å². The van der Waals surface area contributed by atoms with Crippen molar-refractivity contribution in [3.8, 4) is 0 Å². The van der Waals surface area contributed by atoms with Crippen LogP contribution >= 0.6 is 12.2 Å². The standard InChI is InChI=1S/C13H23N3OS/c1-9-5-2-3-8-11(9)14-13(18)16-15-12(17)10-6-4-7-10/h9-11H,2-8H2,1H3,(H,15,17)(H2,14,16,18)/t9-,11-/m0/s1. The molecule has 3 N–H and O–H groups in total. The maximum Gasteiger partial charge on any atom is 0.241 e. The van der Waals surface area contributed by atoms with E-state index < -0.39 is 0 Å². The first-order chi connectivity index (χ1) is 8.66. The monoisotopic (exact) mass is 269 g/mol. The van der Waals surface area contributed by atoms with Gasteiger partial charge < -0.3 is 5.32 Å². The Morgan fingerprint density at radius 2 is 1.78 bits per heavy atom. The third-order valence-electron chi connectivity index (χ3n) is 4.20. The van der Waals surface area contributed by atoms with E-state index in [9.17, 15) is 4.79 Å². The Bertz CT molecular complexity index is 317. The van der Waals surface area contributed by atoms with E-state index in [1.807, 2.05) is 0 Å². The molecule has 0 bridgehead atoms. The molecule has 2 fully saturated rings. The van der Waals surface area contributed by atoms with Crippen molar-refractivity contribution in [2.45, 2.75) is 57.9 Å². The molecule has 102 valence electrons. The molecule has 2 aliphatic carbocycles. The highest BCUT2D eigenvalue weighted by molar-refractivity contribution is 7.80. The first-order valence-corrected chi connectivity index (χ1v) is 7.44. The first-order valence-electron chi connectivity index (χ1n) is 7.03. The van der Waals surface area contributed by atoms with E-state index in [1.54, 1.807) is 0 Å². The summed E-state index contributed by atoms with van der Waals surface area (Å²) in [6.07, 6.45) is 8.19. The Morgan fingerprint density at radius 1 is 1.06 bits per heavy atom. The normalized spacial score (nSPS) is 28.1. The van der Waals surface area contributed by atoms with Gasteiger partial charge in [0, 0.05) is 12.0 Å². The van der Waals surface area contributed by atoms with Crippen LogP contribution in [0.2, 0.25) is 0 Å². The molecule has 1 amide bonds. The molecule has 0 aliphatic heterocycles. The summed E-state index contributed by atoms with van der Waals surface area (Å²) in [5, 5.41) is 3.85. The van der Waals surface area contributed by atoms with Gasteiger partial charge in [-0.25, -0.2) is 0 Å². The number of hydrazine groups is 1. The molecule has 18 heavy (non-hydrogen) atoms. The molecule has 0 heterocycles. The Labute approximate surface area is 114 Å². The quantitative estimate of drug-likeness (QED) is 0.529. The van der Waals surface area contributed by atoms with Gasteiger partial charge in [0.05, 0.1) is 0 Å². The molecule has 0 unspecified atom stereocenters. The fourth-order valence-corrected chi connectivity index (χ4v) is 2.83. The van der Waals surface area contributed by atoms with Crippen molar-refractivity contribution in [3.63, 3.8) is 0 Å². The summed E-state index contributed by atoms with van der Waals surface area (Å²) in [5.74, 6) is 0.914. The minimum Gasteiger partial charge on any atom is -0.358 e. The highest BCUT2D eigenvalue weighted by Gasteiger charge is 2.25. The van der Waals surface area contributed by atoms with Gasteiger partial charge in [-0.15, -0.1) is 0 Å². The minimum absolute atomic E-state index is 0.0714. The summed E-state index contributed by atoms with van der Waals surface area (Å²) < 4.78 is 0. The molecule has 0 aromatic rings. The topological polar surface area (TPSA) is 53.2 Å². The van der Waals surface area contributed by atoms with Crippen LogP contribution in [-0.4, -0.2) is 17.1 Å². The molecule has 0 spiro atoms. The third-order valence-corrected chi connectivity index (χ3v) is 4.42. The number of thiocarbonyl (C=S) groups is 1. The van der Waals surface area contributed by atoms with Gasteiger partial charge >= 0.3 is 0 Å². The van der Waals surface area contributed by atoms with Crippen LogP contribution in [0.15, 0.2) is 0 Å². The summed E-state index contributed by atoms with van der Waals surface area (Å²) in [5.41, 5.74) is 5.52. The van der Waals surface area contributed by atoms with E-state index in [4.69, 9.17) is 12.2 Å². The molecule has 0 radical (unpaired) electrons. The minimum atomic E-state index is 0.0714. The third kappa shape index (κ3) is 3.57. The van der Waals surface area contributed by atoms with Crippen LogP contribution < -0.4 is 16.2 Å². The Morgan fingerprint density at radius 3 is 2.39 bits per heavy atom. The van der Waals surface area contributed by atoms with Crippen molar-refractivity contribution in [1.82, 2.24) is 16.2 Å². The maximum atomic E-state index is 11.6. The van der Waals surface area contributed by atoms with E-state index in [1.165, 1.54) is 32.1 Å². The van der Waals surface area contributed by atoms with Gasteiger partial charge in [-0.05, 0) is 43.8 Å². The maximum absolute atomic E-state index is 11.6. The molecule has 4 nitrogen and oxygen atoms in total. The van der Waals surface area contributed by atoms with Gasteiger partial charge in [0.1, 0.15) is 0 Å². The van der Waals surface area contributed by atoms with Gasteiger partial charge in [-0.1, -0.05) is 26.2 Å². The van der Waals surface area contributed by atoms with Gasteiger partial charge in [0.25, 0.3) is 0 Å². The van der Waals surface area contributed by atoms with Crippen molar-refractivity contribution in [2.24, 2.45) is 11.8 Å². The highest BCUT2D eigenvalue weighted by Crippen LogP contribution is 2.26. The fourth-order valence-electron chi connectivity index (χ4n) is 2.63. The largest absolute Gasteiger partial charge is 0.358 e. The predicted octanol–water partition coefficient (Wildman–Crippen LogP) is 1.86. The van der Waals surface area contributed by atoms with Crippen LogP contribution in [-0.2, 0) is 4.79 Å².